The molecule has 0 aliphatic rings. The Hall–Kier alpha value is -2.44. The Morgan fingerprint density at radius 3 is 2.42 bits per heavy atom. The quantitative estimate of drug-likeness (QED) is 0.766. The Balaban J connectivity index is 2.00. The van der Waals surface area contributed by atoms with E-state index in [0.717, 1.165) is 11.1 Å². The summed E-state index contributed by atoms with van der Waals surface area (Å²) in [6.45, 7) is 1.98. The van der Waals surface area contributed by atoms with E-state index in [1.807, 2.05) is 31.2 Å². The molecule has 0 atom stereocenters. The molecule has 5 nitrogen and oxygen atoms in total. The minimum absolute atomic E-state index is 0.0653. The third kappa shape index (κ3) is 3.55. The molecule has 0 aliphatic carbocycles. The number of benzene rings is 2. The summed E-state index contributed by atoms with van der Waals surface area (Å²) in [7, 11) is -3.81. The van der Waals surface area contributed by atoms with Gasteiger partial charge in [-0.15, -0.1) is 0 Å². The number of sulfonamides is 1. The number of rotatable bonds is 4. The average Bonchev–Trinajstić information content (AvgIpc) is 2.56. The number of nitrogens with one attached hydrogen (secondary N) is 1. The molecule has 0 bridgehead atoms. The van der Waals surface area contributed by atoms with Crippen molar-refractivity contribution in [2.75, 3.05) is 4.72 Å². The Morgan fingerprint density at radius 2 is 1.71 bits per heavy atom. The van der Waals surface area contributed by atoms with Crippen LogP contribution in [-0.4, -0.2) is 18.4 Å². The SMILES string of the molecule is Cc1ccc(-c2nccnc2NS(=O)(=O)c2cccc(Cl)c2)cc1. The predicted octanol–water partition coefficient (Wildman–Crippen LogP) is 3.91. The summed E-state index contributed by atoms with van der Waals surface area (Å²) in [4.78, 5) is 8.45. The van der Waals surface area contributed by atoms with Crippen molar-refractivity contribution in [2.45, 2.75) is 11.8 Å². The summed E-state index contributed by atoms with van der Waals surface area (Å²) in [5.74, 6) is 0.168. The molecule has 0 spiro atoms. The third-order valence-electron chi connectivity index (χ3n) is 3.36. The summed E-state index contributed by atoms with van der Waals surface area (Å²) in [5, 5.41) is 0.343. The van der Waals surface area contributed by atoms with E-state index in [-0.39, 0.29) is 10.7 Å². The highest BCUT2D eigenvalue weighted by Gasteiger charge is 2.18. The van der Waals surface area contributed by atoms with Crippen molar-refractivity contribution < 1.29 is 8.42 Å². The smallest absolute Gasteiger partial charge is 0.262 e. The van der Waals surface area contributed by atoms with Crippen molar-refractivity contribution in [3.8, 4) is 11.3 Å². The lowest BCUT2D eigenvalue weighted by molar-refractivity contribution is 0.601. The van der Waals surface area contributed by atoms with Crippen LogP contribution in [0.2, 0.25) is 5.02 Å². The van der Waals surface area contributed by atoms with Gasteiger partial charge in [0.2, 0.25) is 0 Å². The van der Waals surface area contributed by atoms with Gasteiger partial charge in [-0.2, -0.15) is 0 Å². The van der Waals surface area contributed by atoms with Crippen LogP contribution in [0.5, 0.6) is 0 Å². The van der Waals surface area contributed by atoms with E-state index < -0.39 is 10.0 Å². The molecule has 122 valence electrons. The molecule has 0 saturated carbocycles. The minimum atomic E-state index is -3.81. The minimum Gasteiger partial charge on any atom is -0.262 e. The molecule has 3 aromatic rings. The molecule has 0 amide bonds. The number of nitrogens with zero attached hydrogens (tertiary/aromatic N) is 2. The van der Waals surface area contributed by atoms with Crippen LogP contribution in [0.1, 0.15) is 5.56 Å². The normalized spacial score (nSPS) is 11.2. The predicted molar refractivity (Wildman–Crippen MR) is 94.5 cm³/mol. The molecule has 1 N–H and O–H groups in total. The van der Waals surface area contributed by atoms with Gasteiger partial charge in [-0.25, -0.2) is 13.4 Å². The number of hydrogen-bond donors (Lipinski definition) is 1. The van der Waals surface area contributed by atoms with E-state index in [9.17, 15) is 8.42 Å². The zero-order valence-corrected chi connectivity index (χ0v) is 14.3. The van der Waals surface area contributed by atoms with Crippen molar-refractivity contribution in [3.63, 3.8) is 0 Å². The molecule has 3 rings (SSSR count). The van der Waals surface area contributed by atoms with Crippen molar-refractivity contribution in [1.82, 2.24) is 9.97 Å². The van der Waals surface area contributed by atoms with Crippen LogP contribution in [0.3, 0.4) is 0 Å². The summed E-state index contributed by atoms with van der Waals surface area (Å²) in [5.41, 5.74) is 2.34. The van der Waals surface area contributed by atoms with Gasteiger partial charge in [0.1, 0.15) is 5.69 Å². The van der Waals surface area contributed by atoms with E-state index in [1.54, 1.807) is 12.1 Å². The Labute approximate surface area is 145 Å². The lowest BCUT2D eigenvalue weighted by Crippen LogP contribution is -2.15. The Kier molecular flexibility index (Phi) is 4.51. The zero-order chi connectivity index (χ0) is 17.2. The molecule has 2 aromatic carbocycles. The summed E-state index contributed by atoms with van der Waals surface area (Å²) in [6.07, 6.45) is 2.96. The maximum Gasteiger partial charge on any atom is 0.263 e. The van der Waals surface area contributed by atoms with Gasteiger partial charge < -0.3 is 0 Å². The average molecular weight is 360 g/mol. The van der Waals surface area contributed by atoms with E-state index >= 15 is 0 Å². The maximum atomic E-state index is 12.6. The highest BCUT2D eigenvalue weighted by molar-refractivity contribution is 7.92. The van der Waals surface area contributed by atoms with Gasteiger partial charge in [0.25, 0.3) is 10.0 Å². The number of hydrogen-bond acceptors (Lipinski definition) is 4. The first-order valence-electron chi connectivity index (χ1n) is 7.12. The molecular weight excluding hydrogens is 346 g/mol. The van der Waals surface area contributed by atoms with Gasteiger partial charge in [0.15, 0.2) is 5.82 Å². The Bertz CT molecular complexity index is 973. The number of aryl methyl sites for hydroxylation is 1. The van der Waals surface area contributed by atoms with Crippen LogP contribution in [0.25, 0.3) is 11.3 Å². The molecule has 1 aromatic heterocycles. The Morgan fingerprint density at radius 1 is 1.00 bits per heavy atom. The molecule has 0 aliphatic heterocycles. The monoisotopic (exact) mass is 359 g/mol. The van der Waals surface area contributed by atoms with Gasteiger partial charge in [-0.1, -0.05) is 47.5 Å². The molecule has 1 heterocycles. The fourth-order valence-corrected chi connectivity index (χ4v) is 3.47. The second kappa shape index (κ2) is 6.59. The largest absolute Gasteiger partial charge is 0.263 e. The number of anilines is 1. The number of aromatic nitrogens is 2. The molecule has 0 saturated heterocycles. The first kappa shape index (κ1) is 16.4. The molecule has 0 radical (unpaired) electrons. The van der Waals surface area contributed by atoms with Crippen LogP contribution in [0.15, 0.2) is 65.8 Å². The highest BCUT2D eigenvalue weighted by Crippen LogP contribution is 2.26. The molecule has 24 heavy (non-hydrogen) atoms. The molecular formula is C17H14ClN3O2S. The van der Waals surface area contributed by atoms with Crippen molar-refractivity contribution >= 4 is 27.4 Å². The molecule has 7 heteroatoms. The summed E-state index contributed by atoms with van der Waals surface area (Å²) in [6, 6.07) is 13.6. The van der Waals surface area contributed by atoms with Crippen LogP contribution in [0, 0.1) is 6.92 Å². The lowest BCUT2D eigenvalue weighted by Gasteiger charge is -2.11. The van der Waals surface area contributed by atoms with Crippen molar-refractivity contribution in [3.05, 3.63) is 71.5 Å². The lowest BCUT2D eigenvalue weighted by atomic mass is 10.1. The van der Waals surface area contributed by atoms with Crippen molar-refractivity contribution in [2.24, 2.45) is 0 Å². The van der Waals surface area contributed by atoms with E-state index in [1.165, 1.54) is 24.5 Å². The molecule has 0 unspecified atom stereocenters. The highest BCUT2D eigenvalue weighted by atomic mass is 35.5. The number of halogens is 1. The molecule has 0 fully saturated rings. The van der Waals surface area contributed by atoms with Crippen LogP contribution < -0.4 is 4.72 Å². The maximum absolute atomic E-state index is 12.6. The van der Waals surface area contributed by atoms with Crippen LogP contribution in [-0.2, 0) is 10.0 Å². The van der Waals surface area contributed by atoms with Gasteiger partial charge in [-0.05, 0) is 25.1 Å². The van der Waals surface area contributed by atoms with Gasteiger partial charge >= 0.3 is 0 Å². The summed E-state index contributed by atoms with van der Waals surface area (Å²) >= 11 is 5.88. The van der Waals surface area contributed by atoms with Crippen LogP contribution in [0.4, 0.5) is 5.82 Å². The first-order chi connectivity index (χ1) is 11.5. The van der Waals surface area contributed by atoms with Gasteiger partial charge in [0.05, 0.1) is 4.90 Å². The fourth-order valence-electron chi connectivity index (χ4n) is 2.16. The van der Waals surface area contributed by atoms with Gasteiger partial charge in [0, 0.05) is 23.0 Å². The fraction of sp³-hybridized carbons (Fsp3) is 0.0588. The van der Waals surface area contributed by atoms with Gasteiger partial charge in [-0.3, -0.25) is 9.71 Å². The second-order valence-corrected chi connectivity index (χ2v) is 7.30. The van der Waals surface area contributed by atoms with E-state index in [0.29, 0.717) is 10.7 Å². The second-order valence-electron chi connectivity index (χ2n) is 5.18. The topological polar surface area (TPSA) is 72.0 Å². The zero-order valence-electron chi connectivity index (χ0n) is 12.8. The van der Waals surface area contributed by atoms with Crippen molar-refractivity contribution in [1.29, 1.82) is 0 Å². The third-order valence-corrected chi connectivity index (χ3v) is 4.93. The standard InChI is InChI=1S/C17H14ClN3O2S/c1-12-5-7-13(8-6-12)16-17(20-10-9-19-16)21-24(22,23)15-4-2-3-14(18)11-15/h2-11H,1H3,(H,20,21). The first-order valence-corrected chi connectivity index (χ1v) is 8.98. The van der Waals surface area contributed by atoms with E-state index in [2.05, 4.69) is 14.7 Å². The van der Waals surface area contributed by atoms with Crippen LogP contribution >= 0.6 is 11.6 Å². The summed E-state index contributed by atoms with van der Waals surface area (Å²) < 4.78 is 27.6. The van der Waals surface area contributed by atoms with E-state index in [4.69, 9.17) is 11.6 Å².